The summed E-state index contributed by atoms with van der Waals surface area (Å²) < 4.78 is 5.42. The van der Waals surface area contributed by atoms with Crippen molar-refractivity contribution in [2.45, 2.75) is 32.1 Å². The lowest BCUT2D eigenvalue weighted by Crippen LogP contribution is -2.22. The molecule has 1 N–H and O–H groups in total. The number of nitrogens with one attached hydrogen (secondary N) is 1. The normalized spacial score (nSPS) is 20.6. The van der Waals surface area contributed by atoms with Crippen LogP contribution in [0.5, 0.6) is 5.75 Å². The molecule has 1 aliphatic heterocycles. The Morgan fingerprint density at radius 1 is 1.13 bits per heavy atom. The monoisotopic (exact) mass is 331 g/mol. The summed E-state index contributed by atoms with van der Waals surface area (Å²) in [5.74, 6) is -0.0302. The zero-order valence-electron chi connectivity index (χ0n) is 12.5. The molecule has 0 aromatic heterocycles. The summed E-state index contributed by atoms with van der Waals surface area (Å²) in [5.41, 5.74) is 0.773. The van der Waals surface area contributed by atoms with E-state index in [0.29, 0.717) is 10.7 Å². The SMILES string of the molecule is O=C1NC(=O)/C(=C/c2ccc(OC(=O)C3CCCCC3)cc2)S1. The van der Waals surface area contributed by atoms with Crippen molar-refractivity contribution in [2.75, 3.05) is 0 Å². The number of thioether (sulfide) groups is 1. The van der Waals surface area contributed by atoms with Gasteiger partial charge in [-0.25, -0.2) is 0 Å². The van der Waals surface area contributed by atoms with Crippen LogP contribution in [0.2, 0.25) is 0 Å². The van der Waals surface area contributed by atoms with Gasteiger partial charge in [-0.15, -0.1) is 0 Å². The van der Waals surface area contributed by atoms with E-state index in [1.807, 2.05) is 0 Å². The van der Waals surface area contributed by atoms with E-state index in [2.05, 4.69) is 5.32 Å². The lowest BCUT2D eigenvalue weighted by molar-refractivity contribution is -0.140. The second-order valence-electron chi connectivity index (χ2n) is 5.68. The lowest BCUT2D eigenvalue weighted by atomic mass is 9.89. The molecule has 1 aliphatic carbocycles. The highest BCUT2D eigenvalue weighted by Crippen LogP contribution is 2.27. The second kappa shape index (κ2) is 7.00. The Hall–Kier alpha value is -2.08. The highest BCUT2D eigenvalue weighted by atomic mass is 32.2. The smallest absolute Gasteiger partial charge is 0.314 e. The first-order chi connectivity index (χ1) is 11.1. The van der Waals surface area contributed by atoms with Crippen molar-refractivity contribution in [3.05, 3.63) is 34.7 Å². The third-order valence-electron chi connectivity index (χ3n) is 3.98. The Kier molecular flexibility index (Phi) is 4.81. The Labute approximate surface area is 138 Å². The summed E-state index contributed by atoms with van der Waals surface area (Å²) in [6, 6.07) is 6.92. The molecule has 6 heteroatoms. The molecule has 1 saturated heterocycles. The second-order valence-corrected chi connectivity index (χ2v) is 6.69. The quantitative estimate of drug-likeness (QED) is 0.521. The van der Waals surface area contributed by atoms with E-state index >= 15 is 0 Å². The molecule has 2 aliphatic rings. The Balaban J connectivity index is 1.63. The molecule has 1 heterocycles. The van der Waals surface area contributed by atoms with Crippen LogP contribution in [0.4, 0.5) is 4.79 Å². The van der Waals surface area contributed by atoms with Crippen LogP contribution in [0, 0.1) is 5.92 Å². The molecule has 1 saturated carbocycles. The van der Waals surface area contributed by atoms with Gasteiger partial charge in [-0.1, -0.05) is 31.4 Å². The minimum absolute atomic E-state index is 0.00939. The number of hydrogen-bond donors (Lipinski definition) is 1. The van der Waals surface area contributed by atoms with Crippen LogP contribution in [-0.2, 0) is 9.59 Å². The van der Waals surface area contributed by atoms with Gasteiger partial charge >= 0.3 is 5.97 Å². The van der Waals surface area contributed by atoms with Gasteiger partial charge in [-0.3, -0.25) is 19.7 Å². The molecule has 23 heavy (non-hydrogen) atoms. The molecular formula is C17H17NO4S. The predicted molar refractivity (Wildman–Crippen MR) is 87.8 cm³/mol. The van der Waals surface area contributed by atoms with Crippen LogP contribution in [0.1, 0.15) is 37.7 Å². The van der Waals surface area contributed by atoms with Crippen molar-refractivity contribution in [3.8, 4) is 5.75 Å². The van der Waals surface area contributed by atoms with E-state index in [4.69, 9.17) is 4.74 Å². The first-order valence-electron chi connectivity index (χ1n) is 7.68. The maximum Gasteiger partial charge on any atom is 0.314 e. The molecule has 0 radical (unpaired) electrons. The lowest BCUT2D eigenvalue weighted by Gasteiger charge is -2.19. The topological polar surface area (TPSA) is 72.5 Å². The maximum atomic E-state index is 12.1. The van der Waals surface area contributed by atoms with E-state index in [1.54, 1.807) is 30.3 Å². The number of benzene rings is 1. The van der Waals surface area contributed by atoms with Crippen molar-refractivity contribution in [1.82, 2.24) is 5.32 Å². The summed E-state index contributed by atoms with van der Waals surface area (Å²) in [7, 11) is 0. The summed E-state index contributed by atoms with van der Waals surface area (Å²) in [6.07, 6.45) is 6.82. The largest absolute Gasteiger partial charge is 0.426 e. The number of carbonyl (C=O) groups excluding carboxylic acids is 3. The first kappa shape index (κ1) is 15.8. The number of carbonyl (C=O) groups is 3. The van der Waals surface area contributed by atoms with Crippen molar-refractivity contribution >= 4 is 35.0 Å². The van der Waals surface area contributed by atoms with E-state index in [0.717, 1.165) is 43.0 Å². The minimum atomic E-state index is -0.382. The zero-order valence-corrected chi connectivity index (χ0v) is 13.4. The van der Waals surface area contributed by atoms with Crippen molar-refractivity contribution < 1.29 is 19.1 Å². The van der Waals surface area contributed by atoms with Gasteiger partial charge in [0, 0.05) is 0 Å². The summed E-state index contributed by atoms with van der Waals surface area (Å²) in [4.78, 5) is 35.0. The summed E-state index contributed by atoms with van der Waals surface area (Å²) in [5, 5.41) is 1.85. The van der Waals surface area contributed by atoms with Gasteiger partial charge in [0.2, 0.25) is 0 Å². The third kappa shape index (κ3) is 4.01. The highest BCUT2D eigenvalue weighted by molar-refractivity contribution is 8.18. The molecule has 3 rings (SSSR count). The standard InChI is InChI=1S/C17H17NO4S/c19-15-14(23-17(21)18-15)10-11-6-8-13(9-7-11)22-16(20)12-4-2-1-3-5-12/h6-10,12H,1-5H2,(H,18,19,21)/b14-10-. The molecule has 120 valence electrons. The molecule has 5 nitrogen and oxygen atoms in total. The Morgan fingerprint density at radius 3 is 2.43 bits per heavy atom. The minimum Gasteiger partial charge on any atom is -0.426 e. The van der Waals surface area contributed by atoms with Crippen molar-refractivity contribution in [3.63, 3.8) is 0 Å². The predicted octanol–water partition coefficient (Wildman–Crippen LogP) is 3.50. The molecule has 1 aromatic rings. The van der Waals surface area contributed by atoms with Gasteiger partial charge < -0.3 is 4.74 Å². The molecule has 0 bridgehead atoms. The van der Waals surface area contributed by atoms with Crippen molar-refractivity contribution in [1.29, 1.82) is 0 Å². The van der Waals surface area contributed by atoms with Gasteiger partial charge in [0.25, 0.3) is 11.1 Å². The number of rotatable bonds is 3. The number of esters is 1. The van der Waals surface area contributed by atoms with Gasteiger partial charge in [-0.05, 0) is 48.4 Å². The van der Waals surface area contributed by atoms with E-state index in [-0.39, 0.29) is 23.0 Å². The molecule has 2 amide bonds. The van der Waals surface area contributed by atoms with E-state index in [9.17, 15) is 14.4 Å². The first-order valence-corrected chi connectivity index (χ1v) is 8.50. The average molecular weight is 331 g/mol. The van der Waals surface area contributed by atoms with Gasteiger partial charge in [-0.2, -0.15) is 0 Å². The van der Waals surface area contributed by atoms with Gasteiger partial charge in [0.05, 0.1) is 10.8 Å². The molecule has 0 unspecified atom stereocenters. The van der Waals surface area contributed by atoms with Crippen LogP contribution in [0.25, 0.3) is 6.08 Å². The zero-order chi connectivity index (χ0) is 16.2. The number of imide groups is 1. The van der Waals surface area contributed by atoms with E-state index < -0.39 is 0 Å². The summed E-state index contributed by atoms with van der Waals surface area (Å²) in [6.45, 7) is 0. The van der Waals surface area contributed by atoms with Crippen LogP contribution in [-0.4, -0.2) is 17.1 Å². The van der Waals surface area contributed by atoms with Gasteiger partial charge in [0.1, 0.15) is 5.75 Å². The fourth-order valence-corrected chi connectivity index (χ4v) is 3.42. The Bertz CT molecular complexity index is 660. The Morgan fingerprint density at radius 2 is 1.83 bits per heavy atom. The van der Waals surface area contributed by atoms with E-state index in [1.165, 1.54) is 6.42 Å². The number of hydrogen-bond acceptors (Lipinski definition) is 5. The maximum absolute atomic E-state index is 12.1. The molecule has 2 fully saturated rings. The average Bonchev–Trinajstić information content (AvgIpc) is 2.87. The molecule has 1 aromatic carbocycles. The van der Waals surface area contributed by atoms with Crippen LogP contribution >= 0.6 is 11.8 Å². The summed E-state index contributed by atoms with van der Waals surface area (Å²) >= 11 is 0.878. The number of ether oxygens (including phenoxy) is 1. The van der Waals surface area contributed by atoms with Crippen LogP contribution in [0.15, 0.2) is 29.2 Å². The van der Waals surface area contributed by atoms with Crippen LogP contribution < -0.4 is 10.1 Å². The molecular weight excluding hydrogens is 314 g/mol. The third-order valence-corrected chi connectivity index (χ3v) is 4.79. The molecule has 0 spiro atoms. The highest BCUT2D eigenvalue weighted by Gasteiger charge is 2.25. The van der Waals surface area contributed by atoms with Crippen LogP contribution in [0.3, 0.4) is 0 Å². The fraction of sp³-hybridized carbons (Fsp3) is 0.353. The van der Waals surface area contributed by atoms with Crippen molar-refractivity contribution in [2.24, 2.45) is 5.92 Å². The number of amides is 2. The fourth-order valence-electron chi connectivity index (χ4n) is 2.74. The van der Waals surface area contributed by atoms with Gasteiger partial charge in [0.15, 0.2) is 0 Å². The molecule has 0 atom stereocenters.